The molecule has 0 heterocycles. The molecule has 0 aliphatic heterocycles. The Bertz CT molecular complexity index is 163. The highest BCUT2D eigenvalue weighted by atomic mass is 14.8. The van der Waals surface area contributed by atoms with Crippen molar-refractivity contribution in [2.75, 3.05) is 13.1 Å². The van der Waals surface area contributed by atoms with Gasteiger partial charge in [0.05, 0.1) is 0 Å². The minimum Gasteiger partial charge on any atom is -0.317 e. The van der Waals surface area contributed by atoms with E-state index >= 15 is 0 Å². The molecule has 1 aliphatic carbocycles. The maximum Gasteiger partial charge on any atom is -0.00180 e. The summed E-state index contributed by atoms with van der Waals surface area (Å²) in [7, 11) is 0. The summed E-state index contributed by atoms with van der Waals surface area (Å²) in [6, 6.07) is 0. The predicted octanol–water partition coefficient (Wildman–Crippen LogP) is 3.45. The molecule has 2 atom stereocenters. The summed E-state index contributed by atoms with van der Waals surface area (Å²) < 4.78 is 0. The summed E-state index contributed by atoms with van der Waals surface area (Å²) >= 11 is 0. The van der Waals surface area contributed by atoms with Gasteiger partial charge in [-0.05, 0) is 49.6 Å². The SMILES string of the molecule is CCNCC1CCC(C)(C)CC1CC. The van der Waals surface area contributed by atoms with Crippen molar-refractivity contribution in [1.82, 2.24) is 5.32 Å². The molecule has 0 aromatic heterocycles. The lowest BCUT2D eigenvalue weighted by molar-refractivity contribution is 0.113. The molecule has 1 aliphatic rings. The summed E-state index contributed by atoms with van der Waals surface area (Å²) in [6.45, 7) is 11.8. The first-order valence-corrected chi connectivity index (χ1v) is 6.29. The van der Waals surface area contributed by atoms with Crippen LogP contribution in [0.15, 0.2) is 0 Å². The molecule has 0 radical (unpaired) electrons. The Labute approximate surface area is 89.7 Å². The van der Waals surface area contributed by atoms with Crippen molar-refractivity contribution < 1.29 is 0 Å². The Morgan fingerprint density at radius 1 is 1.21 bits per heavy atom. The highest BCUT2D eigenvalue weighted by Crippen LogP contribution is 2.42. The van der Waals surface area contributed by atoms with Crippen molar-refractivity contribution in [1.29, 1.82) is 0 Å². The summed E-state index contributed by atoms with van der Waals surface area (Å²) in [5.74, 6) is 1.89. The van der Waals surface area contributed by atoms with Gasteiger partial charge in [-0.2, -0.15) is 0 Å². The van der Waals surface area contributed by atoms with E-state index < -0.39 is 0 Å². The van der Waals surface area contributed by atoms with Gasteiger partial charge in [-0.3, -0.25) is 0 Å². The van der Waals surface area contributed by atoms with E-state index in [0.29, 0.717) is 5.41 Å². The van der Waals surface area contributed by atoms with Gasteiger partial charge in [0.1, 0.15) is 0 Å². The Kier molecular flexibility index (Phi) is 4.43. The normalized spacial score (nSPS) is 31.7. The van der Waals surface area contributed by atoms with Crippen LogP contribution in [0.4, 0.5) is 0 Å². The van der Waals surface area contributed by atoms with Gasteiger partial charge in [0.2, 0.25) is 0 Å². The molecule has 1 N–H and O–H groups in total. The van der Waals surface area contributed by atoms with E-state index in [1.54, 1.807) is 0 Å². The average molecular weight is 197 g/mol. The number of hydrogen-bond acceptors (Lipinski definition) is 1. The zero-order valence-corrected chi connectivity index (χ0v) is 10.4. The zero-order valence-electron chi connectivity index (χ0n) is 10.4. The van der Waals surface area contributed by atoms with Crippen LogP contribution >= 0.6 is 0 Å². The molecule has 1 fully saturated rings. The molecule has 2 unspecified atom stereocenters. The zero-order chi connectivity index (χ0) is 10.6. The van der Waals surface area contributed by atoms with E-state index in [-0.39, 0.29) is 0 Å². The topological polar surface area (TPSA) is 12.0 Å². The van der Waals surface area contributed by atoms with Crippen LogP contribution < -0.4 is 5.32 Å². The second-order valence-electron chi connectivity index (χ2n) is 5.64. The molecule has 0 amide bonds. The lowest BCUT2D eigenvalue weighted by Crippen LogP contribution is -2.35. The third-order valence-corrected chi connectivity index (χ3v) is 3.85. The molecular weight excluding hydrogens is 170 g/mol. The molecule has 0 aromatic carbocycles. The van der Waals surface area contributed by atoms with Crippen LogP contribution in [0.3, 0.4) is 0 Å². The van der Waals surface area contributed by atoms with Crippen LogP contribution in [0.1, 0.15) is 53.4 Å². The molecule has 0 bridgehead atoms. The smallest absolute Gasteiger partial charge is 0.00180 e. The lowest BCUT2D eigenvalue weighted by Gasteiger charge is -2.40. The minimum absolute atomic E-state index is 0.601. The van der Waals surface area contributed by atoms with Crippen LogP contribution in [-0.2, 0) is 0 Å². The lowest BCUT2D eigenvalue weighted by atomic mass is 9.66. The molecule has 1 heteroatoms. The standard InChI is InChI=1S/C13H27N/c1-5-11-9-13(3,4)8-7-12(11)10-14-6-2/h11-12,14H,5-10H2,1-4H3. The van der Waals surface area contributed by atoms with Crippen molar-refractivity contribution >= 4 is 0 Å². The quantitative estimate of drug-likeness (QED) is 0.728. The predicted molar refractivity (Wildman–Crippen MR) is 63.4 cm³/mol. The van der Waals surface area contributed by atoms with Gasteiger partial charge in [0.25, 0.3) is 0 Å². The van der Waals surface area contributed by atoms with Crippen molar-refractivity contribution in [3.8, 4) is 0 Å². The average Bonchev–Trinajstić information content (AvgIpc) is 2.15. The highest BCUT2D eigenvalue weighted by Gasteiger charge is 2.33. The second kappa shape index (κ2) is 5.16. The van der Waals surface area contributed by atoms with Crippen LogP contribution in [0, 0.1) is 17.3 Å². The van der Waals surface area contributed by atoms with Crippen LogP contribution in [0.25, 0.3) is 0 Å². The monoisotopic (exact) mass is 197 g/mol. The molecule has 1 saturated carbocycles. The van der Waals surface area contributed by atoms with Crippen LogP contribution in [0.5, 0.6) is 0 Å². The molecule has 0 spiro atoms. The Hall–Kier alpha value is -0.0400. The van der Waals surface area contributed by atoms with Gasteiger partial charge < -0.3 is 5.32 Å². The third-order valence-electron chi connectivity index (χ3n) is 3.85. The molecule has 1 nitrogen and oxygen atoms in total. The van der Waals surface area contributed by atoms with Crippen molar-refractivity contribution in [2.24, 2.45) is 17.3 Å². The van der Waals surface area contributed by atoms with E-state index in [1.165, 1.54) is 32.2 Å². The summed E-state index contributed by atoms with van der Waals surface area (Å²) in [4.78, 5) is 0. The van der Waals surface area contributed by atoms with E-state index in [1.807, 2.05) is 0 Å². The molecule has 0 aromatic rings. The van der Waals surface area contributed by atoms with E-state index in [9.17, 15) is 0 Å². The number of rotatable bonds is 4. The van der Waals surface area contributed by atoms with Gasteiger partial charge in [0.15, 0.2) is 0 Å². The van der Waals surface area contributed by atoms with Crippen molar-refractivity contribution in [3.05, 3.63) is 0 Å². The Morgan fingerprint density at radius 3 is 2.50 bits per heavy atom. The fourth-order valence-corrected chi connectivity index (χ4v) is 2.87. The maximum atomic E-state index is 3.51. The van der Waals surface area contributed by atoms with E-state index in [2.05, 4.69) is 33.0 Å². The van der Waals surface area contributed by atoms with Crippen LogP contribution in [0.2, 0.25) is 0 Å². The molecule has 84 valence electrons. The van der Waals surface area contributed by atoms with Crippen molar-refractivity contribution in [2.45, 2.75) is 53.4 Å². The number of hydrogen-bond donors (Lipinski definition) is 1. The first-order valence-electron chi connectivity index (χ1n) is 6.29. The van der Waals surface area contributed by atoms with Gasteiger partial charge in [0, 0.05) is 0 Å². The first-order chi connectivity index (χ1) is 6.59. The maximum absolute atomic E-state index is 3.51. The fraction of sp³-hybridized carbons (Fsp3) is 1.00. The first kappa shape index (κ1) is 12.0. The van der Waals surface area contributed by atoms with Crippen LogP contribution in [-0.4, -0.2) is 13.1 Å². The van der Waals surface area contributed by atoms with Gasteiger partial charge in [-0.25, -0.2) is 0 Å². The highest BCUT2D eigenvalue weighted by molar-refractivity contribution is 4.85. The summed E-state index contributed by atoms with van der Waals surface area (Å²) in [5.41, 5.74) is 0.601. The Morgan fingerprint density at radius 2 is 1.93 bits per heavy atom. The number of nitrogens with one attached hydrogen (secondary N) is 1. The second-order valence-corrected chi connectivity index (χ2v) is 5.64. The van der Waals surface area contributed by atoms with Gasteiger partial charge >= 0.3 is 0 Å². The van der Waals surface area contributed by atoms with Gasteiger partial charge in [-0.15, -0.1) is 0 Å². The molecule has 0 saturated heterocycles. The summed E-state index contributed by atoms with van der Waals surface area (Å²) in [5, 5.41) is 3.51. The Balaban J connectivity index is 2.44. The third kappa shape index (κ3) is 3.27. The summed E-state index contributed by atoms with van der Waals surface area (Å²) in [6.07, 6.45) is 5.64. The van der Waals surface area contributed by atoms with E-state index in [4.69, 9.17) is 0 Å². The van der Waals surface area contributed by atoms with Crippen molar-refractivity contribution in [3.63, 3.8) is 0 Å². The van der Waals surface area contributed by atoms with Gasteiger partial charge in [-0.1, -0.05) is 34.1 Å². The fourth-order valence-electron chi connectivity index (χ4n) is 2.87. The molecule has 14 heavy (non-hydrogen) atoms. The minimum atomic E-state index is 0.601. The molecular formula is C13H27N. The largest absolute Gasteiger partial charge is 0.317 e. The van der Waals surface area contributed by atoms with E-state index in [0.717, 1.165) is 18.4 Å². The molecule has 1 rings (SSSR count).